The van der Waals surface area contributed by atoms with Gasteiger partial charge >= 0.3 is 5.97 Å². The van der Waals surface area contributed by atoms with E-state index in [-0.39, 0.29) is 43.7 Å². The Kier molecular flexibility index (Phi) is 3.45. The van der Waals surface area contributed by atoms with E-state index < -0.39 is 5.92 Å². The fourth-order valence-electron chi connectivity index (χ4n) is 1.60. The summed E-state index contributed by atoms with van der Waals surface area (Å²) in [5.41, 5.74) is 0. The average Bonchev–Trinajstić information content (AvgIpc) is 2.02. The topological polar surface area (TPSA) is 26.3 Å². The zero-order valence-corrected chi connectivity index (χ0v) is 8.56. The highest BCUT2D eigenvalue weighted by atomic mass is 19.3. The number of halogens is 2. The van der Waals surface area contributed by atoms with Crippen molar-refractivity contribution in [3.05, 3.63) is 0 Å². The van der Waals surface area contributed by atoms with Gasteiger partial charge in [-0.25, -0.2) is 8.78 Å². The van der Waals surface area contributed by atoms with Crippen molar-refractivity contribution < 1.29 is 18.3 Å². The number of ether oxygens (including phenoxy) is 1. The number of carbonyl (C=O) groups is 1. The molecule has 1 aliphatic rings. The van der Waals surface area contributed by atoms with Gasteiger partial charge < -0.3 is 4.74 Å². The van der Waals surface area contributed by atoms with Crippen LogP contribution in [0.4, 0.5) is 8.78 Å². The van der Waals surface area contributed by atoms with Crippen LogP contribution in [0.15, 0.2) is 0 Å². The van der Waals surface area contributed by atoms with Crippen LogP contribution < -0.4 is 0 Å². The lowest BCUT2D eigenvalue weighted by Crippen LogP contribution is -2.30. The lowest BCUT2D eigenvalue weighted by atomic mass is 9.87. The van der Waals surface area contributed by atoms with Crippen molar-refractivity contribution in [1.82, 2.24) is 0 Å². The van der Waals surface area contributed by atoms with Crippen LogP contribution >= 0.6 is 0 Å². The van der Waals surface area contributed by atoms with Crippen molar-refractivity contribution in [1.29, 1.82) is 0 Å². The Labute approximate surface area is 82.6 Å². The van der Waals surface area contributed by atoms with Crippen molar-refractivity contribution in [2.75, 3.05) is 0 Å². The molecule has 0 N–H and O–H groups in total. The maximum Gasteiger partial charge on any atom is 0.309 e. The molecule has 2 nitrogen and oxygen atoms in total. The van der Waals surface area contributed by atoms with Crippen LogP contribution in [0.2, 0.25) is 0 Å². The molecule has 0 atom stereocenters. The van der Waals surface area contributed by atoms with E-state index in [9.17, 15) is 13.6 Å². The van der Waals surface area contributed by atoms with Crippen molar-refractivity contribution >= 4 is 5.97 Å². The lowest BCUT2D eigenvalue weighted by Gasteiger charge is -2.27. The molecule has 14 heavy (non-hydrogen) atoms. The second-order valence-electron chi connectivity index (χ2n) is 4.12. The molecule has 1 aliphatic carbocycles. The monoisotopic (exact) mass is 206 g/mol. The van der Waals surface area contributed by atoms with E-state index in [2.05, 4.69) is 0 Å². The molecular formula is C10H16F2O2. The highest BCUT2D eigenvalue weighted by Gasteiger charge is 2.38. The summed E-state index contributed by atoms with van der Waals surface area (Å²) in [6.45, 7) is 3.52. The van der Waals surface area contributed by atoms with Crippen LogP contribution in [0.25, 0.3) is 0 Å². The molecule has 1 fully saturated rings. The Morgan fingerprint density at radius 2 is 1.86 bits per heavy atom. The summed E-state index contributed by atoms with van der Waals surface area (Å²) in [5, 5.41) is 0. The average molecular weight is 206 g/mol. The number of rotatable bonds is 2. The van der Waals surface area contributed by atoms with Crippen molar-refractivity contribution in [3.8, 4) is 0 Å². The third-order valence-electron chi connectivity index (χ3n) is 2.40. The van der Waals surface area contributed by atoms with E-state index in [0.717, 1.165) is 0 Å². The van der Waals surface area contributed by atoms with E-state index >= 15 is 0 Å². The summed E-state index contributed by atoms with van der Waals surface area (Å²) >= 11 is 0. The van der Waals surface area contributed by atoms with Gasteiger partial charge in [-0.2, -0.15) is 0 Å². The first-order chi connectivity index (χ1) is 6.41. The fourth-order valence-corrected chi connectivity index (χ4v) is 1.60. The molecule has 0 saturated heterocycles. The van der Waals surface area contributed by atoms with Gasteiger partial charge in [-0.1, -0.05) is 0 Å². The Morgan fingerprint density at radius 1 is 1.36 bits per heavy atom. The highest BCUT2D eigenvalue weighted by Crippen LogP contribution is 2.36. The maximum absolute atomic E-state index is 12.8. The van der Waals surface area contributed by atoms with Crippen molar-refractivity contribution in [2.24, 2.45) is 5.92 Å². The van der Waals surface area contributed by atoms with Crippen molar-refractivity contribution in [3.63, 3.8) is 0 Å². The van der Waals surface area contributed by atoms with E-state index in [0.29, 0.717) is 0 Å². The molecule has 1 rings (SSSR count). The Hall–Kier alpha value is -0.670. The summed E-state index contributed by atoms with van der Waals surface area (Å²) in [7, 11) is 0. The SMILES string of the molecule is CC(C)OC(=O)C1CCC(F)(F)CC1. The lowest BCUT2D eigenvalue weighted by molar-refractivity contribution is -0.156. The predicted octanol–water partition coefficient (Wildman–Crippen LogP) is 2.76. The molecule has 1 saturated carbocycles. The van der Waals surface area contributed by atoms with Gasteiger partial charge in [0.25, 0.3) is 0 Å². The smallest absolute Gasteiger partial charge is 0.309 e. The van der Waals surface area contributed by atoms with Gasteiger partial charge in [-0.05, 0) is 26.7 Å². The minimum absolute atomic E-state index is 0.162. The van der Waals surface area contributed by atoms with Crippen LogP contribution in [0.3, 0.4) is 0 Å². The number of hydrogen-bond donors (Lipinski definition) is 0. The van der Waals surface area contributed by atoms with Crippen molar-refractivity contribution in [2.45, 2.75) is 51.6 Å². The number of alkyl halides is 2. The van der Waals surface area contributed by atoms with E-state index in [1.165, 1.54) is 0 Å². The van der Waals surface area contributed by atoms with E-state index in [1.54, 1.807) is 13.8 Å². The Bertz CT molecular complexity index is 204. The molecule has 0 aliphatic heterocycles. The molecule has 0 heterocycles. The predicted molar refractivity (Wildman–Crippen MR) is 48.1 cm³/mol. The molecule has 0 aromatic heterocycles. The van der Waals surface area contributed by atoms with Gasteiger partial charge in [0.15, 0.2) is 0 Å². The molecule has 0 bridgehead atoms. The highest BCUT2D eigenvalue weighted by molar-refractivity contribution is 5.72. The van der Waals surface area contributed by atoms with Gasteiger partial charge in [0, 0.05) is 12.8 Å². The largest absolute Gasteiger partial charge is 0.463 e. The first-order valence-electron chi connectivity index (χ1n) is 4.99. The molecule has 0 aromatic rings. The van der Waals surface area contributed by atoms with Crippen LogP contribution in [0.1, 0.15) is 39.5 Å². The summed E-state index contributed by atoms with van der Waals surface area (Å²) in [6.07, 6.45) is -0.0442. The molecule has 4 heteroatoms. The molecule has 82 valence electrons. The van der Waals surface area contributed by atoms with Crippen LogP contribution in [0.5, 0.6) is 0 Å². The second kappa shape index (κ2) is 4.24. The first-order valence-corrected chi connectivity index (χ1v) is 4.99. The third kappa shape index (κ3) is 3.24. The maximum atomic E-state index is 12.8. The van der Waals surface area contributed by atoms with Gasteiger partial charge in [-0.15, -0.1) is 0 Å². The molecule has 0 spiro atoms. The minimum Gasteiger partial charge on any atom is -0.463 e. The Morgan fingerprint density at radius 3 is 2.29 bits per heavy atom. The van der Waals surface area contributed by atoms with Gasteiger partial charge in [0.05, 0.1) is 12.0 Å². The molecular weight excluding hydrogens is 190 g/mol. The fraction of sp³-hybridized carbons (Fsp3) is 0.900. The zero-order valence-electron chi connectivity index (χ0n) is 8.56. The molecule has 0 amide bonds. The number of hydrogen-bond acceptors (Lipinski definition) is 2. The summed E-state index contributed by atoms with van der Waals surface area (Å²) in [6, 6.07) is 0. The number of esters is 1. The Balaban J connectivity index is 2.38. The summed E-state index contributed by atoms with van der Waals surface area (Å²) in [4.78, 5) is 11.4. The zero-order chi connectivity index (χ0) is 10.8. The first kappa shape index (κ1) is 11.4. The standard InChI is InChI=1S/C10H16F2O2/c1-7(2)14-9(13)8-3-5-10(11,12)6-4-8/h7-8H,3-6H2,1-2H3. The van der Waals surface area contributed by atoms with Gasteiger partial charge in [0.1, 0.15) is 0 Å². The minimum atomic E-state index is -2.57. The van der Waals surface area contributed by atoms with Gasteiger partial charge in [-0.3, -0.25) is 4.79 Å². The molecule has 0 unspecified atom stereocenters. The number of carbonyl (C=O) groups excluding carboxylic acids is 1. The van der Waals surface area contributed by atoms with Crippen LogP contribution in [0, 0.1) is 5.92 Å². The third-order valence-corrected chi connectivity index (χ3v) is 2.40. The molecule has 0 radical (unpaired) electrons. The van der Waals surface area contributed by atoms with Gasteiger partial charge in [0.2, 0.25) is 5.92 Å². The quantitative estimate of drug-likeness (QED) is 0.649. The summed E-state index contributed by atoms with van der Waals surface area (Å²) < 4.78 is 30.5. The van der Waals surface area contributed by atoms with Crippen LogP contribution in [-0.2, 0) is 9.53 Å². The normalized spacial score (nSPS) is 22.4. The van der Waals surface area contributed by atoms with Crippen LogP contribution in [-0.4, -0.2) is 18.0 Å². The second-order valence-corrected chi connectivity index (χ2v) is 4.12. The van der Waals surface area contributed by atoms with E-state index in [1.807, 2.05) is 0 Å². The van der Waals surface area contributed by atoms with E-state index in [4.69, 9.17) is 4.74 Å². The molecule has 0 aromatic carbocycles. The summed E-state index contributed by atoms with van der Waals surface area (Å²) in [5.74, 6) is -3.22.